The van der Waals surface area contributed by atoms with Crippen LogP contribution in [-0.2, 0) is 11.3 Å². The van der Waals surface area contributed by atoms with E-state index in [1.165, 1.54) is 29.7 Å². The lowest BCUT2D eigenvalue weighted by Gasteiger charge is -2.33. The lowest BCUT2D eigenvalue weighted by molar-refractivity contribution is -0.122. The molecule has 0 spiro atoms. The van der Waals surface area contributed by atoms with E-state index in [4.69, 9.17) is 5.73 Å². The second-order valence-corrected chi connectivity index (χ2v) is 6.45. The summed E-state index contributed by atoms with van der Waals surface area (Å²) < 4.78 is 0. The third-order valence-corrected chi connectivity index (χ3v) is 4.67. The van der Waals surface area contributed by atoms with Crippen LogP contribution in [0.25, 0.3) is 0 Å². The SMILES string of the molecule is Cc1cc(N2CCCC(C(N)=O)C2)ccc1CNC1CC1. The number of nitrogens with one attached hydrogen (secondary N) is 1. The number of hydrogen-bond donors (Lipinski definition) is 2. The molecule has 2 aliphatic rings. The first kappa shape index (κ1) is 14.4. The van der Waals surface area contributed by atoms with Gasteiger partial charge in [-0.3, -0.25) is 4.79 Å². The third kappa shape index (κ3) is 3.56. The Morgan fingerprint density at radius 2 is 2.19 bits per heavy atom. The molecule has 1 atom stereocenters. The summed E-state index contributed by atoms with van der Waals surface area (Å²) in [7, 11) is 0. The molecule has 114 valence electrons. The highest BCUT2D eigenvalue weighted by atomic mass is 16.1. The Morgan fingerprint density at radius 3 is 2.86 bits per heavy atom. The summed E-state index contributed by atoms with van der Waals surface area (Å²) in [4.78, 5) is 13.7. The zero-order chi connectivity index (χ0) is 14.8. The van der Waals surface area contributed by atoms with E-state index in [-0.39, 0.29) is 11.8 Å². The number of primary amides is 1. The van der Waals surface area contributed by atoms with Crippen molar-refractivity contribution in [2.45, 2.75) is 45.2 Å². The molecule has 3 N–H and O–H groups in total. The summed E-state index contributed by atoms with van der Waals surface area (Å²) in [5, 5.41) is 3.56. The largest absolute Gasteiger partial charge is 0.371 e. The van der Waals surface area contributed by atoms with Gasteiger partial charge in [-0.15, -0.1) is 0 Å². The summed E-state index contributed by atoms with van der Waals surface area (Å²) in [6, 6.07) is 7.38. The van der Waals surface area contributed by atoms with Gasteiger partial charge >= 0.3 is 0 Å². The topological polar surface area (TPSA) is 58.4 Å². The number of amides is 1. The van der Waals surface area contributed by atoms with Crippen LogP contribution in [0.4, 0.5) is 5.69 Å². The number of aryl methyl sites for hydroxylation is 1. The van der Waals surface area contributed by atoms with Crippen LogP contribution in [-0.4, -0.2) is 25.0 Å². The molecular weight excluding hydrogens is 262 g/mol. The van der Waals surface area contributed by atoms with Crippen molar-refractivity contribution in [1.29, 1.82) is 0 Å². The fourth-order valence-corrected chi connectivity index (χ4v) is 3.06. The highest BCUT2D eigenvalue weighted by Crippen LogP contribution is 2.26. The van der Waals surface area contributed by atoms with Gasteiger partial charge in [-0.1, -0.05) is 6.07 Å². The summed E-state index contributed by atoms with van der Waals surface area (Å²) in [5.41, 5.74) is 9.37. The maximum Gasteiger partial charge on any atom is 0.222 e. The van der Waals surface area contributed by atoms with Crippen LogP contribution in [0.5, 0.6) is 0 Å². The van der Waals surface area contributed by atoms with Gasteiger partial charge in [0.15, 0.2) is 0 Å². The van der Waals surface area contributed by atoms with Crippen molar-refractivity contribution in [1.82, 2.24) is 5.32 Å². The lowest BCUT2D eigenvalue weighted by atomic mass is 9.96. The molecule has 2 fully saturated rings. The summed E-state index contributed by atoms with van der Waals surface area (Å²) in [5.74, 6) is -0.169. The Balaban J connectivity index is 1.67. The highest BCUT2D eigenvalue weighted by molar-refractivity contribution is 5.77. The van der Waals surface area contributed by atoms with E-state index < -0.39 is 0 Å². The predicted octanol–water partition coefficient (Wildman–Crippen LogP) is 1.95. The Hall–Kier alpha value is -1.55. The van der Waals surface area contributed by atoms with E-state index in [1.807, 2.05) is 0 Å². The number of carbonyl (C=O) groups excluding carboxylic acids is 1. The number of piperidine rings is 1. The minimum Gasteiger partial charge on any atom is -0.371 e. The number of anilines is 1. The van der Waals surface area contributed by atoms with Gasteiger partial charge in [-0.25, -0.2) is 0 Å². The molecule has 1 saturated heterocycles. The first-order chi connectivity index (χ1) is 10.1. The van der Waals surface area contributed by atoms with Crippen LogP contribution in [0.15, 0.2) is 18.2 Å². The normalized spacial score (nSPS) is 22.3. The molecule has 0 aromatic heterocycles. The molecule has 21 heavy (non-hydrogen) atoms. The van der Waals surface area contributed by atoms with Crippen LogP contribution in [0, 0.1) is 12.8 Å². The van der Waals surface area contributed by atoms with Crippen molar-refractivity contribution in [3.05, 3.63) is 29.3 Å². The van der Waals surface area contributed by atoms with Crippen molar-refractivity contribution in [2.75, 3.05) is 18.0 Å². The number of benzene rings is 1. The molecule has 1 aromatic carbocycles. The smallest absolute Gasteiger partial charge is 0.222 e. The Kier molecular flexibility index (Phi) is 4.15. The Bertz CT molecular complexity index is 525. The minimum atomic E-state index is -0.165. The van der Waals surface area contributed by atoms with Crippen molar-refractivity contribution >= 4 is 11.6 Å². The molecule has 1 saturated carbocycles. The maximum absolute atomic E-state index is 11.4. The second kappa shape index (κ2) is 6.06. The van der Waals surface area contributed by atoms with Gasteiger partial charge in [-0.05, 0) is 55.9 Å². The molecule has 1 unspecified atom stereocenters. The van der Waals surface area contributed by atoms with Gasteiger partial charge in [0, 0.05) is 31.4 Å². The monoisotopic (exact) mass is 287 g/mol. The van der Waals surface area contributed by atoms with E-state index in [0.717, 1.165) is 38.5 Å². The second-order valence-electron chi connectivity index (χ2n) is 6.45. The average Bonchev–Trinajstić information content (AvgIpc) is 3.30. The average molecular weight is 287 g/mol. The molecular formula is C17H25N3O. The molecule has 1 aliphatic carbocycles. The lowest BCUT2D eigenvalue weighted by Crippen LogP contribution is -2.41. The molecule has 1 heterocycles. The summed E-state index contributed by atoms with van der Waals surface area (Å²) in [6.45, 7) is 4.90. The fourth-order valence-electron chi connectivity index (χ4n) is 3.06. The van der Waals surface area contributed by atoms with E-state index >= 15 is 0 Å². The molecule has 0 bridgehead atoms. The first-order valence-electron chi connectivity index (χ1n) is 8.00. The number of hydrogen-bond acceptors (Lipinski definition) is 3. The molecule has 0 radical (unpaired) electrons. The number of rotatable bonds is 5. The van der Waals surface area contributed by atoms with Crippen molar-refractivity contribution in [2.24, 2.45) is 11.7 Å². The van der Waals surface area contributed by atoms with Gasteiger partial charge in [0.1, 0.15) is 0 Å². The summed E-state index contributed by atoms with van der Waals surface area (Å²) in [6.07, 6.45) is 4.60. The number of nitrogens with two attached hydrogens (primary N) is 1. The Labute approximate surface area is 126 Å². The van der Waals surface area contributed by atoms with Crippen LogP contribution in [0.2, 0.25) is 0 Å². The fraction of sp³-hybridized carbons (Fsp3) is 0.588. The van der Waals surface area contributed by atoms with E-state index in [2.05, 4.69) is 35.3 Å². The molecule has 1 aromatic rings. The zero-order valence-corrected chi connectivity index (χ0v) is 12.8. The van der Waals surface area contributed by atoms with Crippen LogP contribution >= 0.6 is 0 Å². The quantitative estimate of drug-likeness (QED) is 0.870. The predicted molar refractivity (Wildman–Crippen MR) is 85.2 cm³/mol. The zero-order valence-electron chi connectivity index (χ0n) is 12.8. The molecule has 4 heteroatoms. The van der Waals surface area contributed by atoms with Gasteiger partial charge in [0.25, 0.3) is 0 Å². The molecule has 4 nitrogen and oxygen atoms in total. The van der Waals surface area contributed by atoms with E-state index in [1.54, 1.807) is 0 Å². The van der Waals surface area contributed by atoms with Gasteiger partial charge < -0.3 is 16.0 Å². The minimum absolute atomic E-state index is 0.00438. The number of carbonyl (C=O) groups is 1. The van der Waals surface area contributed by atoms with E-state index in [9.17, 15) is 4.79 Å². The van der Waals surface area contributed by atoms with E-state index in [0.29, 0.717) is 0 Å². The Morgan fingerprint density at radius 1 is 1.38 bits per heavy atom. The number of nitrogens with zero attached hydrogens (tertiary/aromatic N) is 1. The molecule has 1 aliphatic heterocycles. The van der Waals surface area contributed by atoms with Gasteiger partial charge in [0.2, 0.25) is 5.91 Å². The summed E-state index contributed by atoms with van der Waals surface area (Å²) >= 11 is 0. The molecule has 1 amide bonds. The van der Waals surface area contributed by atoms with Crippen molar-refractivity contribution < 1.29 is 4.79 Å². The highest BCUT2D eigenvalue weighted by Gasteiger charge is 2.24. The third-order valence-electron chi connectivity index (χ3n) is 4.67. The van der Waals surface area contributed by atoms with Crippen LogP contribution in [0.3, 0.4) is 0 Å². The standard InChI is InChI=1S/C17H25N3O/c1-12-9-16(7-4-13(12)10-19-15-5-6-15)20-8-2-3-14(11-20)17(18)21/h4,7,9,14-15,19H,2-3,5-6,8,10-11H2,1H3,(H2,18,21). The molecule has 3 rings (SSSR count). The maximum atomic E-state index is 11.4. The van der Waals surface area contributed by atoms with Gasteiger partial charge in [0.05, 0.1) is 5.92 Å². The van der Waals surface area contributed by atoms with Crippen LogP contribution < -0.4 is 16.0 Å². The first-order valence-corrected chi connectivity index (χ1v) is 8.00. The van der Waals surface area contributed by atoms with Gasteiger partial charge in [-0.2, -0.15) is 0 Å². The van der Waals surface area contributed by atoms with Crippen molar-refractivity contribution in [3.63, 3.8) is 0 Å². The van der Waals surface area contributed by atoms with Crippen LogP contribution in [0.1, 0.15) is 36.8 Å². The van der Waals surface area contributed by atoms with Crippen molar-refractivity contribution in [3.8, 4) is 0 Å².